The minimum Gasteiger partial charge on any atom is -0.492 e. The van der Waals surface area contributed by atoms with Gasteiger partial charge in [0.2, 0.25) is 0 Å². The lowest BCUT2D eigenvalue weighted by Gasteiger charge is -2.19. The fourth-order valence-electron chi connectivity index (χ4n) is 2.95. The summed E-state index contributed by atoms with van der Waals surface area (Å²) in [4.78, 5) is 17.0. The van der Waals surface area contributed by atoms with E-state index in [9.17, 15) is 4.79 Å². The largest absolute Gasteiger partial charge is 0.492 e. The Bertz CT molecular complexity index is 1020. The van der Waals surface area contributed by atoms with Gasteiger partial charge in [-0.05, 0) is 43.3 Å². The molecular weight excluding hydrogens is 370 g/mol. The first-order chi connectivity index (χ1) is 14.2. The molecule has 3 aromatic rings. The normalized spacial score (nSPS) is 12.2. The number of aromatic nitrogens is 1. The van der Waals surface area contributed by atoms with Crippen LogP contribution in [0.25, 0.3) is 0 Å². The number of benzene rings is 2. The molecular formula is C22H21N3O4. The minimum absolute atomic E-state index is 0.246. The summed E-state index contributed by atoms with van der Waals surface area (Å²) in [5, 5.41) is 6.08. The predicted molar refractivity (Wildman–Crippen MR) is 111 cm³/mol. The zero-order valence-electron chi connectivity index (χ0n) is 16.0. The Morgan fingerprint density at radius 3 is 2.76 bits per heavy atom. The van der Waals surface area contributed by atoms with Gasteiger partial charge in [-0.1, -0.05) is 12.1 Å². The molecule has 1 aliphatic heterocycles. The van der Waals surface area contributed by atoms with Crippen LogP contribution in [0.2, 0.25) is 0 Å². The molecule has 0 unspecified atom stereocenters. The molecule has 148 valence electrons. The Labute approximate surface area is 168 Å². The highest BCUT2D eigenvalue weighted by Gasteiger charge is 2.13. The lowest BCUT2D eigenvalue weighted by atomic mass is 10.2. The van der Waals surface area contributed by atoms with Gasteiger partial charge >= 0.3 is 0 Å². The van der Waals surface area contributed by atoms with Crippen LogP contribution in [0.4, 0.5) is 17.2 Å². The molecule has 2 N–H and O–H groups in total. The first-order valence-electron chi connectivity index (χ1n) is 9.39. The smallest absolute Gasteiger partial charge is 0.255 e. The standard InChI is InChI=1S/C22H21N3O4/c1-2-27-18-6-4-3-5-17(18)25-22(26)15-9-10-23-21(13-15)24-16-7-8-19-20(14-16)29-12-11-28-19/h3-10,13-14H,2,11-12H2,1H3,(H,23,24)(H,25,26). The summed E-state index contributed by atoms with van der Waals surface area (Å²) in [7, 11) is 0. The minimum atomic E-state index is -0.246. The Morgan fingerprint density at radius 1 is 1.07 bits per heavy atom. The molecule has 0 atom stereocenters. The molecule has 0 spiro atoms. The van der Waals surface area contributed by atoms with E-state index in [2.05, 4.69) is 15.6 Å². The van der Waals surface area contributed by atoms with Gasteiger partial charge < -0.3 is 24.8 Å². The van der Waals surface area contributed by atoms with Crippen molar-refractivity contribution in [2.45, 2.75) is 6.92 Å². The van der Waals surface area contributed by atoms with Gasteiger partial charge in [-0.25, -0.2) is 4.98 Å². The Morgan fingerprint density at radius 2 is 1.90 bits per heavy atom. The van der Waals surface area contributed by atoms with Crippen LogP contribution in [0.3, 0.4) is 0 Å². The van der Waals surface area contributed by atoms with Gasteiger partial charge in [0.1, 0.15) is 24.8 Å². The number of nitrogens with zero attached hydrogens (tertiary/aromatic N) is 1. The van der Waals surface area contributed by atoms with Gasteiger partial charge in [0, 0.05) is 23.5 Å². The third kappa shape index (κ3) is 4.40. The summed E-state index contributed by atoms with van der Waals surface area (Å²) in [5.74, 6) is 2.34. The lowest BCUT2D eigenvalue weighted by Crippen LogP contribution is -2.15. The number of carbonyl (C=O) groups excluding carboxylic acids is 1. The van der Waals surface area contributed by atoms with Gasteiger partial charge in [-0.2, -0.15) is 0 Å². The second-order valence-corrected chi connectivity index (χ2v) is 6.30. The van der Waals surface area contributed by atoms with E-state index in [-0.39, 0.29) is 5.91 Å². The van der Waals surface area contributed by atoms with Crippen LogP contribution < -0.4 is 24.8 Å². The summed E-state index contributed by atoms with van der Waals surface area (Å²) < 4.78 is 16.7. The first-order valence-corrected chi connectivity index (χ1v) is 9.39. The van der Waals surface area contributed by atoms with Crippen LogP contribution in [0, 0.1) is 0 Å². The van der Waals surface area contributed by atoms with Crippen LogP contribution >= 0.6 is 0 Å². The first kappa shape index (κ1) is 18.6. The second kappa shape index (κ2) is 8.52. The topological polar surface area (TPSA) is 81.7 Å². The Hall–Kier alpha value is -3.74. The molecule has 7 heteroatoms. The molecule has 29 heavy (non-hydrogen) atoms. The highest BCUT2D eigenvalue weighted by molar-refractivity contribution is 6.05. The van der Waals surface area contributed by atoms with E-state index in [1.165, 1.54) is 0 Å². The molecule has 0 radical (unpaired) electrons. The number of fused-ring (bicyclic) bond motifs is 1. The number of hydrogen-bond acceptors (Lipinski definition) is 6. The van der Waals surface area contributed by atoms with Gasteiger partial charge in [0.25, 0.3) is 5.91 Å². The number of amides is 1. The Balaban J connectivity index is 1.49. The van der Waals surface area contributed by atoms with E-state index in [1.54, 1.807) is 24.4 Å². The van der Waals surface area contributed by atoms with E-state index in [0.29, 0.717) is 48.4 Å². The van der Waals surface area contributed by atoms with Crippen LogP contribution in [-0.2, 0) is 0 Å². The lowest BCUT2D eigenvalue weighted by molar-refractivity contribution is 0.102. The number of rotatable bonds is 6. The van der Waals surface area contributed by atoms with Crippen molar-refractivity contribution in [1.29, 1.82) is 0 Å². The van der Waals surface area contributed by atoms with E-state index in [1.807, 2.05) is 43.3 Å². The fraction of sp³-hybridized carbons (Fsp3) is 0.182. The molecule has 7 nitrogen and oxygen atoms in total. The summed E-state index contributed by atoms with van der Waals surface area (Å²) in [6, 6.07) is 16.3. The maximum absolute atomic E-state index is 12.7. The van der Waals surface area contributed by atoms with Crippen molar-refractivity contribution in [3.63, 3.8) is 0 Å². The molecule has 2 aromatic carbocycles. The number of anilines is 3. The molecule has 0 saturated carbocycles. The van der Waals surface area contributed by atoms with Crippen molar-refractivity contribution in [2.75, 3.05) is 30.5 Å². The Kier molecular flexibility index (Phi) is 5.47. The zero-order valence-corrected chi connectivity index (χ0v) is 16.0. The van der Waals surface area contributed by atoms with E-state index >= 15 is 0 Å². The fourth-order valence-corrected chi connectivity index (χ4v) is 2.95. The van der Waals surface area contributed by atoms with Crippen molar-refractivity contribution >= 4 is 23.1 Å². The van der Waals surface area contributed by atoms with Gasteiger partial charge in [0.15, 0.2) is 11.5 Å². The molecule has 0 bridgehead atoms. The molecule has 0 saturated heterocycles. The van der Waals surface area contributed by atoms with E-state index in [0.717, 1.165) is 11.4 Å². The predicted octanol–water partition coefficient (Wildman–Crippen LogP) is 4.25. The molecule has 4 rings (SSSR count). The van der Waals surface area contributed by atoms with Crippen LogP contribution in [0.1, 0.15) is 17.3 Å². The van der Waals surface area contributed by atoms with Crippen molar-refractivity contribution in [3.05, 3.63) is 66.4 Å². The van der Waals surface area contributed by atoms with Gasteiger partial charge in [-0.3, -0.25) is 4.79 Å². The number of carbonyl (C=O) groups is 1. The maximum atomic E-state index is 12.7. The average molecular weight is 391 g/mol. The molecule has 0 aliphatic carbocycles. The van der Waals surface area contributed by atoms with Crippen LogP contribution in [-0.4, -0.2) is 30.7 Å². The molecule has 1 aliphatic rings. The van der Waals surface area contributed by atoms with Crippen molar-refractivity contribution in [3.8, 4) is 17.2 Å². The SMILES string of the molecule is CCOc1ccccc1NC(=O)c1ccnc(Nc2ccc3c(c2)OCCO3)c1. The molecule has 1 aromatic heterocycles. The summed E-state index contributed by atoms with van der Waals surface area (Å²) in [6.07, 6.45) is 1.59. The molecule has 1 amide bonds. The number of pyridine rings is 1. The summed E-state index contributed by atoms with van der Waals surface area (Å²) in [6.45, 7) is 3.49. The number of ether oxygens (including phenoxy) is 3. The summed E-state index contributed by atoms with van der Waals surface area (Å²) >= 11 is 0. The monoisotopic (exact) mass is 391 g/mol. The van der Waals surface area contributed by atoms with E-state index < -0.39 is 0 Å². The van der Waals surface area contributed by atoms with Crippen molar-refractivity contribution < 1.29 is 19.0 Å². The summed E-state index contributed by atoms with van der Waals surface area (Å²) in [5.41, 5.74) is 1.89. The number of para-hydroxylation sites is 2. The number of hydrogen-bond donors (Lipinski definition) is 2. The third-order valence-corrected chi connectivity index (χ3v) is 4.27. The van der Waals surface area contributed by atoms with Crippen molar-refractivity contribution in [1.82, 2.24) is 4.98 Å². The van der Waals surface area contributed by atoms with Gasteiger partial charge in [0.05, 0.1) is 12.3 Å². The third-order valence-electron chi connectivity index (χ3n) is 4.27. The zero-order chi connectivity index (χ0) is 20.1. The molecule has 0 fully saturated rings. The van der Waals surface area contributed by atoms with E-state index in [4.69, 9.17) is 14.2 Å². The quantitative estimate of drug-likeness (QED) is 0.654. The second-order valence-electron chi connectivity index (χ2n) is 6.30. The van der Waals surface area contributed by atoms with Crippen molar-refractivity contribution in [2.24, 2.45) is 0 Å². The van der Waals surface area contributed by atoms with Gasteiger partial charge in [-0.15, -0.1) is 0 Å². The van der Waals surface area contributed by atoms with Crippen LogP contribution in [0.15, 0.2) is 60.8 Å². The molecule has 2 heterocycles. The number of nitrogens with one attached hydrogen (secondary N) is 2. The average Bonchev–Trinajstić information content (AvgIpc) is 2.75. The highest BCUT2D eigenvalue weighted by atomic mass is 16.6. The maximum Gasteiger partial charge on any atom is 0.255 e. The highest BCUT2D eigenvalue weighted by Crippen LogP contribution is 2.33. The van der Waals surface area contributed by atoms with Crippen LogP contribution in [0.5, 0.6) is 17.2 Å².